The van der Waals surface area contributed by atoms with Gasteiger partial charge in [-0.2, -0.15) is 0 Å². The molecule has 1 nitrogen and oxygen atoms in total. The van der Waals surface area contributed by atoms with Crippen molar-refractivity contribution in [2.45, 2.75) is 31.3 Å². The van der Waals surface area contributed by atoms with Crippen molar-refractivity contribution >= 4 is 7.14 Å². The van der Waals surface area contributed by atoms with Gasteiger partial charge in [-0.05, 0) is 25.7 Å². The second kappa shape index (κ2) is 1.85. The Morgan fingerprint density at radius 1 is 1.11 bits per heavy atom. The zero-order chi connectivity index (χ0) is 6.32. The van der Waals surface area contributed by atoms with Gasteiger partial charge < -0.3 is 4.57 Å². The maximum absolute atomic E-state index is 11.8. The Balaban J connectivity index is 2.27. The first-order valence-corrected chi connectivity index (χ1v) is 6.04. The minimum absolute atomic E-state index is 0.678. The number of fused-ring (bicyclic) bond motifs is 1. The molecular weight excluding hydrogens is 131 g/mol. The van der Waals surface area contributed by atoms with Gasteiger partial charge in [0, 0.05) is 18.0 Å². The normalized spacial score (nSPS) is 49.6. The minimum atomic E-state index is -1.53. The first-order chi connectivity index (χ1) is 4.31. The van der Waals surface area contributed by atoms with Gasteiger partial charge in [-0.15, -0.1) is 0 Å². The molecule has 2 rings (SSSR count). The topological polar surface area (TPSA) is 17.1 Å². The summed E-state index contributed by atoms with van der Waals surface area (Å²) in [6, 6.07) is 0. The van der Waals surface area contributed by atoms with Crippen LogP contribution in [0.2, 0.25) is 0 Å². The highest BCUT2D eigenvalue weighted by Gasteiger charge is 2.40. The van der Waals surface area contributed by atoms with E-state index in [4.69, 9.17) is 0 Å². The maximum atomic E-state index is 11.8. The Labute approximate surface area is 56.2 Å². The van der Waals surface area contributed by atoms with Gasteiger partial charge >= 0.3 is 0 Å². The van der Waals surface area contributed by atoms with Gasteiger partial charge in [-0.3, -0.25) is 0 Å². The van der Waals surface area contributed by atoms with E-state index in [1.807, 2.05) is 0 Å². The quantitative estimate of drug-likeness (QED) is 0.477. The molecule has 0 aromatic rings. The molecule has 0 saturated carbocycles. The fraction of sp³-hybridized carbons (Fsp3) is 1.00. The van der Waals surface area contributed by atoms with E-state index in [1.54, 1.807) is 0 Å². The van der Waals surface area contributed by atoms with Crippen molar-refractivity contribution in [2.24, 2.45) is 0 Å². The van der Waals surface area contributed by atoms with Gasteiger partial charge in [0.1, 0.15) is 0 Å². The number of hydrogen-bond donors (Lipinski definition) is 0. The van der Waals surface area contributed by atoms with Gasteiger partial charge in [-0.1, -0.05) is 0 Å². The van der Waals surface area contributed by atoms with E-state index < -0.39 is 7.14 Å². The highest BCUT2D eigenvalue weighted by atomic mass is 31.2. The van der Waals surface area contributed by atoms with Crippen molar-refractivity contribution in [1.82, 2.24) is 0 Å². The van der Waals surface area contributed by atoms with Gasteiger partial charge in [0.25, 0.3) is 0 Å². The van der Waals surface area contributed by atoms with E-state index in [9.17, 15) is 4.57 Å². The average Bonchev–Trinajstić information content (AvgIpc) is 2.22. The zero-order valence-corrected chi connectivity index (χ0v) is 6.57. The molecule has 2 saturated heterocycles. The second-order valence-electron chi connectivity index (χ2n) is 3.34. The third-order valence-corrected chi connectivity index (χ3v) is 6.81. The summed E-state index contributed by atoms with van der Waals surface area (Å²) in [4.78, 5) is 0. The monoisotopic (exact) mass is 144 g/mol. The summed E-state index contributed by atoms with van der Waals surface area (Å²) in [5.74, 6) is 0. The number of rotatable bonds is 0. The lowest BCUT2D eigenvalue weighted by molar-refractivity contribution is 0.576. The molecule has 0 spiro atoms. The molecule has 0 aromatic heterocycles. The standard InChI is InChI=1S/C7H13OP/c8-9-5-1-3-7(9)4-2-6-9/h7H,1-6H2. The molecule has 0 amide bonds. The van der Waals surface area contributed by atoms with Gasteiger partial charge in [-0.25, -0.2) is 0 Å². The molecule has 52 valence electrons. The van der Waals surface area contributed by atoms with Crippen LogP contribution in [0.25, 0.3) is 0 Å². The van der Waals surface area contributed by atoms with E-state index >= 15 is 0 Å². The summed E-state index contributed by atoms with van der Waals surface area (Å²) >= 11 is 0. The fourth-order valence-electron chi connectivity index (χ4n) is 2.28. The highest BCUT2D eigenvalue weighted by molar-refractivity contribution is 7.65. The lowest BCUT2D eigenvalue weighted by atomic mass is 10.2. The molecule has 2 aliphatic heterocycles. The van der Waals surface area contributed by atoms with Gasteiger partial charge in [0.05, 0.1) is 7.14 Å². The van der Waals surface area contributed by atoms with Crippen molar-refractivity contribution in [3.63, 3.8) is 0 Å². The Hall–Kier alpha value is 0.230. The molecule has 9 heavy (non-hydrogen) atoms. The summed E-state index contributed by atoms with van der Waals surface area (Å²) in [6.07, 6.45) is 7.22. The SMILES string of the molecule is O=P12CCCC1CCC2. The van der Waals surface area contributed by atoms with Crippen LogP contribution < -0.4 is 0 Å². The zero-order valence-electron chi connectivity index (χ0n) is 5.68. The van der Waals surface area contributed by atoms with E-state index in [2.05, 4.69) is 0 Å². The molecule has 0 unspecified atom stereocenters. The van der Waals surface area contributed by atoms with Crippen LogP contribution >= 0.6 is 7.14 Å². The third kappa shape index (κ3) is 0.781. The van der Waals surface area contributed by atoms with Crippen LogP contribution in [0.4, 0.5) is 0 Å². The van der Waals surface area contributed by atoms with Crippen LogP contribution in [0.1, 0.15) is 25.7 Å². The van der Waals surface area contributed by atoms with Gasteiger partial charge in [0.2, 0.25) is 0 Å². The van der Waals surface area contributed by atoms with Crippen molar-refractivity contribution in [2.75, 3.05) is 12.3 Å². The summed E-state index contributed by atoms with van der Waals surface area (Å²) in [6.45, 7) is 0. The summed E-state index contributed by atoms with van der Waals surface area (Å²) in [7, 11) is -1.53. The van der Waals surface area contributed by atoms with E-state index in [-0.39, 0.29) is 0 Å². The van der Waals surface area contributed by atoms with Crippen LogP contribution in [-0.4, -0.2) is 18.0 Å². The first-order valence-electron chi connectivity index (χ1n) is 3.89. The first kappa shape index (κ1) is 5.97. The summed E-state index contributed by atoms with van der Waals surface area (Å²) in [5.41, 5.74) is 0.678. The predicted molar refractivity (Wildman–Crippen MR) is 39.6 cm³/mol. The van der Waals surface area contributed by atoms with Crippen LogP contribution in [0.15, 0.2) is 0 Å². The lowest BCUT2D eigenvalue weighted by Crippen LogP contribution is -1.92. The molecule has 2 aliphatic rings. The van der Waals surface area contributed by atoms with Crippen LogP contribution in [-0.2, 0) is 4.57 Å². The molecular formula is C7H13OP. The average molecular weight is 144 g/mol. The van der Waals surface area contributed by atoms with E-state index in [1.165, 1.54) is 25.7 Å². The smallest absolute Gasteiger partial charge is 0.0906 e. The van der Waals surface area contributed by atoms with Crippen molar-refractivity contribution < 1.29 is 4.57 Å². The molecule has 0 aliphatic carbocycles. The highest BCUT2D eigenvalue weighted by Crippen LogP contribution is 2.63. The molecule has 0 bridgehead atoms. The third-order valence-electron chi connectivity index (χ3n) is 2.81. The largest absolute Gasteiger partial charge is 0.323 e. The second-order valence-corrected chi connectivity index (χ2v) is 6.87. The molecule has 0 radical (unpaired) electrons. The fourth-order valence-corrected chi connectivity index (χ4v) is 5.98. The lowest BCUT2D eigenvalue weighted by Gasteiger charge is -2.07. The van der Waals surface area contributed by atoms with Crippen LogP contribution in [0, 0.1) is 0 Å². The van der Waals surface area contributed by atoms with E-state index in [0.717, 1.165) is 12.3 Å². The van der Waals surface area contributed by atoms with Crippen molar-refractivity contribution in [1.29, 1.82) is 0 Å². The maximum Gasteiger partial charge on any atom is 0.0906 e. The molecule has 2 heterocycles. The van der Waals surface area contributed by atoms with Crippen LogP contribution in [0.3, 0.4) is 0 Å². The van der Waals surface area contributed by atoms with E-state index in [0.29, 0.717) is 5.66 Å². The minimum Gasteiger partial charge on any atom is -0.323 e. The molecule has 0 atom stereocenters. The molecule has 2 fully saturated rings. The van der Waals surface area contributed by atoms with Crippen molar-refractivity contribution in [3.05, 3.63) is 0 Å². The number of hydrogen-bond acceptors (Lipinski definition) is 1. The van der Waals surface area contributed by atoms with Gasteiger partial charge in [0.15, 0.2) is 0 Å². The Morgan fingerprint density at radius 2 is 1.67 bits per heavy atom. The molecule has 0 aromatic carbocycles. The Kier molecular flexibility index (Phi) is 1.23. The van der Waals surface area contributed by atoms with Crippen molar-refractivity contribution in [3.8, 4) is 0 Å². The Bertz CT molecular complexity index is 150. The summed E-state index contributed by atoms with van der Waals surface area (Å²) in [5, 5.41) is 0. The molecule has 0 N–H and O–H groups in total. The molecule has 2 heteroatoms. The summed E-state index contributed by atoms with van der Waals surface area (Å²) < 4.78 is 11.8. The Morgan fingerprint density at radius 3 is 2.11 bits per heavy atom. The van der Waals surface area contributed by atoms with Crippen LogP contribution in [0.5, 0.6) is 0 Å². The predicted octanol–water partition coefficient (Wildman–Crippen LogP) is 2.31.